The first-order valence-electron chi connectivity index (χ1n) is 16.5. The van der Waals surface area contributed by atoms with Crippen molar-refractivity contribution in [2.24, 2.45) is 7.05 Å². The Kier molecular flexibility index (Phi) is 7.99. The van der Waals surface area contributed by atoms with Gasteiger partial charge in [0.05, 0.1) is 49.4 Å². The molecule has 0 saturated carbocycles. The number of ether oxygens (including phenoxy) is 3. The lowest BCUT2D eigenvalue weighted by Gasteiger charge is -2.53. The van der Waals surface area contributed by atoms with Crippen LogP contribution in [0.3, 0.4) is 0 Å². The molecule has 0 bridgehead atoms. The fraction of sp³-hybridized carbons (Fsp3) is 0.429. The Labute approximate surface area is 290 Å². The second-order valence-electron chi connectivity index (χ2n) is 13.1. The van der Waals surface area contributed by atoms with Gasteiger partial charge in [0.2, 0.25) is 0 Å². The lowest BCUT2D eigenvalue weighted by Crippen LogP contribution is -2.68. The van der Waals surface area contributed by atoms with E-state index >= 15 is 0 Å². The third-order valence-electron chi connectivity index (χ3n) is 10.0. The van der Waals surface area contributed by atoms with Crippen LogP contribution in [0, 0.1) is 25.7 Å². The zero-order chi connectivity index (χ0) is 35.6. The van der Waals surface area contributed by atoms with Crippen LogP contribution in [0.5, 0.6) is 5.88 Å². The molecule has 0 unspecified atom stereocenters. The Morgan fingerprint density at radius 3 is 2.65 bits per heavy atom. The molecule has 0 amide bonds. The van der Waals surface area contributed by atoms with Crippen molar-refractivity contribution >= 4 is 39.5 Å². The number of hydrogen-bond acceptors (Lipinski definition) is 12. The number of benzene rings is 1. The number of carbonyl (C=O) groups is 1. The number of alkyl halides is 2. The van der Waals surface area contributed by atoms with Gasteiger partial charge in [0.15, 0.2) is 17.2 Å². The third kappa shape index (κ3) is 5.56. The first-order valence-corrected chi connectivity index (χ1v) is 16.5. The molecule has 0 radical (unpaired) electrons. The summed E-state index contributed by atoms with van der Waals surface area (Å²) in [6.07, 6.45) is -3.73. The van der Waals surface area contributed by atoms with Crippen LogP contribution >= 0.6 is 0 Å². The number of carboxylic acid groups (broad SMARTS) is 1. The fourth-order valence-corrected chi connectivity index (χ4v) is 7.10. The molecule has 14 nitrogen and oxygen atoms in total. The van der Waals surface area contributed by atoms with E-state index in [-0.39, 0.29) is 41.8 Å². The highest BCUT2D eigenvalue weighted by molar-refractivity contribution is 6.06. The zero-order valence-electron chi connectivity index (χ0n) is 28.3. The van der Waals surface area contributed by atoms with E-state index in [4.69, 9.17) is 18.6 Å². The van der Waals surface area contributed by atoms with E-state index in [0.29, 0.717) is 48.7 Å². The van der Waals surface area contributed by atoms with E-state index < -0.39 is 36.0 Å². The summed E-state index contributed by atoms with van der Waals surface area (Å²) in [6.45, 7) is 7.72. The number of aromatic nitrogens is 6. The average Bonchev–Trinajstić information content (AvgIpc) is 3.76. The van der Waals surface area contributed by atoms with Gasteiger partial charge in [-0.05, 0) is 38.8 Å². The maximum absolute atomic E-state index is 14.1. The van der Waals surface area contributed by atoms with Crippen LogP contribution in [0.1, 0.15) is 48.2 Å². The van der Waals surface area contributed by atoms with Gasteiger partial charge in [-0.1, -0.05) is 18.1 Å². The first-order chi connectivity index (χ1) is 24.5. The van der Waals surface area contributed by atoms with E-state index in [0.717, 1.165) is 17.0 Å². The Morgan fingerprint density at radius 1 is 1.14 bits per heavy atom. The molecule has 51 heavy (non-hydrogen) atoms. The molecule has 3 saturated heterocycles. The number of para-hydroxylation sites is 1. The highest BCUT2D eigenvalue weighted by Crippen LogP contribution is 2.41. The molecule has 264 valence electrons. The van der Waals surface area contributed by atoms with E-state index in [1.54, 1.807) is 28.9 Å². The summed E-state index contributed by atoms with van der Waals surface area (Å²) in [6, 6.07) is 7.40. The van der Waals surface area contributed by atoms with Crippen LogP contribution < -0.4 is 14.5 Å². The topological polar surface area (TPSA) is 154 Å². The van der Waals surface area contributed by atoms with Crippen LogP contribution in [0.2, 0.25) is 0 Å². The molecule has 16 heteroatoms. The minimum atomic E-state index is -3.00. The summed E-state index contributed by atoms with van der Waals surface area (Å²) < 4.78 is 54.2. The van der Waals surface area contributed by atoms with Gasteiger partial charge in [0.25, 0.3) is 12.3 Å². The average molecular weight is 701 g/mol. The van der Waals surface area contributed by atoms with Crippen LogP contribution in [0.4, 0.5) is 20.3 Å². The summed E-state index contributed by atoms with van der Waals surface area (Å²) in [4.78, 5) is 24.4. The smallest absolute Gasteiger partial charge is 0.326 e. The maximum Gasteiger partial charge on any atom is 0.326 e. The number of hydrogen-bond donors (Lipinski definition) is 1. The molecular weight excluding hydrogens is 666 g/mol. The number of aliphatic carboxylic acids is 1. The lowest BCUT2D eigenvalue weighted by molar-refractivity contribution is -0.228. The predicted molar refractivity (Wildman–Crippen MR) is 179 cm³/mol. The minimum Gasteiger partial charge on any atom is -0.480 e. The number of anilines is 2. The number of morpholine rings is 1. The molecule has 7 heterocycles. The molecule has 4 aromatic heterocycles. The summed E-state index contributed by atoms with van der Waals surface area (Å²) in [5.74, 6) is 4.54. The summed E-state index contributed by atoms with van der Waals surface area (Å²) in [5, 5.41) is 24.1. The molecule has 0 aliphatic carbocycles. The van der Waals surface area contributed by atoms with Crippen molar-refractivity contribution in [1.29, 1.82) is 0 Å². The van der Waals surface area contributed by atoms with Gasteiger partial charge >= 0.3 is 5.97 Å². The molecule has 1 N–H and O–H groups in total. The second kappa shape index (κ2) is 12.4. The van der Waals surface area contributed by atoms with Gasteiger partial charge in [0, 0.05) is 31.5 Å². The molecular formula is C35H34F2N8O6. The third-order valence-corrected chi connectivity index (χ3v) is 10.0. The van der Waals surface area contributed by atoms with Crippen molar-refractivity contribution in [1.82, 2.24) is 29.9 Å². The zero-order valence-corrected chi connectivity index (χ0v) is 28.3. The van der Waals surface area contributed by atoms with Crippen molar-refractivity contribution in [2.75, 3.05) is 42.7 Å². The van der Waals surface area contributed by atoms with E-state index in [1.165, 1.54) is 4.90 Å². The SMILES string of the molecule is Cc1nn(C)c(C)c1C#Cc1cc(N2CCOC3(COC3)[C@@H]2C)c(O[C@H]2C[C@@H](C(=O)O)N(c3nc(C(F)F)nc4c3oc3ccccc34)C2)nn1. The Hall–Kier alpha value is -5.40. The standard InChI is InChI=1S/C35H34F2N8O6/c1-18-23(19(2)43(4)42-18)10-9-21-13-25(44-11-12-49-35(20(44)3)16-48-17-35)33(41-40-21)50-22-14-26(34(46)47)45(15-22)32-29-28(38-31(39-32)30(36)37)24-7-5-6-8-27(24)51-29/h5-8,13,20,22,26,30H,11-12,14-17H2,1-4H3,(H,46,47)/t20-,22-,26-/m0/s1. The summed E-state index contributed by atoms with van der Waals surface area (Å²) in [7, 11) is 1.86. The predicted octanol–water partition coefficient (Wildman–Crippen LogP) is 3.96. The Bertz CT molecular complexity index is 2240. The molecule has 1 aromatic carbocycles. The Balaban J connectivity index is 1.16. The van der Waals surface area contributed by atoms with Crippen molar-refractivity contribution in [3.8, 4) is 17.7 Å². The molecule has 1 spiro atoms. The minimum absolute atomic E-state index is 0.00372. The van der Waals surface area contributed by atoms with Gasteiger partial charge in [-0.25, -0.2) is 23.5 Å². The number of aryl methyl sites for hydroxylation is 2. The highest BCUT2D eigenvalue weighted by Gasteiger charge is 2.50. The lowest BCUT2D eigenvalue weighted by atomic mass is 9.90. The number of furan rings is 1. The summed E-state index contributed by atoms with van der Waals surface area (Å²) in [5.41, 5.74) is 3.75. The van der Waals surface area contributed by atoms with Crippen molar-refractivity contribution in [2.45, 2.75) is 57.4 Å². The molecule has 3 aliphatic heterocycles. The highest BCUT2D eigenvalue weighted by atomic mass is 19.3. The van der Waals surface area contributed by atoms with E-state index in [1.807, 2.05) is 33.9 Å². The maximum atomic E-state index is 14.1. The van der Waals surface area contributed by atoms with Crippen molar-refractivity contribution < 1.29 is 37.3 Å². The van der Waals surface area contributed by atoms with Crippen molar-refractivity contribution in [3.63, 3.8) is 0 Å². The van der Waals surface area contributed by atoms with E-state index in [2.05, 4.69) is 42.0 Å². The van der Waals surface area contributed by atoms with Gasteiger partial charge in [-0.15, -0.1) is 10.2 Å². The monoisotopic (exact) mass is 700 g/mol. The van der Waals surface area contributed by atoms with Crippen LogP contribution in [-0.4, -0.2) is 97.7 Å². The number of nitrogens with zero attached hydrogens (tertiary/aromatic N) is 8. The van der Waals surface area contributed by atoms with E-state index in [9.17, 15) is 18.7 Å². The first kappa shape index (κ1) is 32.8. The quantitative estimate of drug-likeness (QED) is 0.255. The van der Waals surface area contributed by atoms with Crippen LogP contribution in [0.15, 0.2) is 34.7 Å². The van der Waals surface area contributed by atoms with Crippen LogP contribution in [-0.2, 0) is 21.3 Å². The molecule has 3 aliphatic rings. The number of carboxylic acids is 1. The molecule has 8 rings (SSSR count). The summed E-state index contributed by atoms with van der Waals surface area (Å²) >= 11 is 0. The van der Waals surface area contributed by atoms with Gasteiger partial charge < -0.3 is 33.5 Å². The fourth-order valence-electron chi connectivity index (χ4n) is 7.10. The second-order valence-corrected chi connectivity index (χ2v) is 13.1. The van der Waals surface area contributed by atoms with Gasteiger partial charge in [-0.3, -0.25) is 4.68 Å². The van der Waals surface area contributed by atoms with Gasteiger partial charge in [-0.2, -0.15) is 5.10 Å². The Morgan fingerprint density at radius 2 is 1.94 bits per heavy atom. The number of fused-ring (bicyclic) bond motifs is 3. The normalized spacial score (nSPS) is 21.4. The number of rotatable bonds is 6. The molecule has 3 fully saturated rings. The number of halogens is 2. The molecule has 3 atom stereocenters. The van der Waals surface area contributed by atoms with Crippen molar-refractivity contribution in [3.05, 3.63) is 58.8 Å². The van der Waals surface area contributed by atoms with Gasteiger partial charge in [0.1, 0.15) is 40.2 Å². The largest absolute Gasteiger partial charge is 0.480 e. The molecule has 5 aromatic rings. The van der Waals surface area contributed by atoms with Crippen LogP contribution in [0.25, 0.3) is 22.1 Å².